The summed E-state index contributed by atoms with van der Waals surface area (Å²) in [6.07, 6.45) is -8.92. The number of nitrogens with zero attached hydrogens (tertiary/aromatic N) is 8. The summed E-state index contributed by atoms with van der Waals surface area (Å²) in [6, 6.07) is 1.87. The van der Waals surface area contributed by atoms with Gasteiger partial charge in [0.05, 0.1) is 12.7 Å². The molecule has 25 heteroatoms. The predicted molar refractivity (Wildman–Crippen MR) is 147 cm³/mol. The number of anilines is 1. The third-order valence-electron chi connectivity index (χ3n) is 7.42. The number of ether oxygens (including phenoxy) is 2. The minimum atomic E-state index is -4.87. The second-order valence-electron chi connectivity index (χ2n) is 10.3. The fourth-order valence-electron chi connectivity index (χ4n) is 5.38. The molecule has 3 saturated heterocycles. The van der Waals surface area contributed by atoms with Crippen molar-refractivity contribution in [2.45, 2.75) is 49.1 Å². The molecular weight excluding hydrogens is 662 g/mol. The Balaban J connectivity index is 1.20. The topological polar surface area (TPSA) is 334 Å². The normalized spacial score (nSPS) is 32.8. The maximum absolute atomic E-state index is 12.3. The van der Waals surface area contributed by atoms with Crippen LogP contribution in [0.1, 0.15) is 18.1 Å². The van der Waals surface area contributed by atoms with Crippen LogP contribution in [-0.2, 0) is 27.6 Å². The average Bonchev–Trinajstić information content (AvgIpc) is 3.76. The SMILES string of the molecule is N#Cc1ncnc2c1ncn2[C@@H]1O[C@@H]2CO[P+](O)(O)O[C@@H]3[C@H](O)[C@@H](CO[P+](O)(O)O[C@H]2[C@H]1O)O[C@H]3n1cnc2c(=O)[nH]c(N)nc21. The zero-order valence-electron chi connectivity index (χ0n) is 22.9. The molecule has 0 saturated carbocycles. The van der Waals surface area contributed by atoms with Crippen LogP contribution in [0.4, 0.5) is 5.95 Å². The Labute approximate surface area is 255 Å². The highest BCUT2D eigenvalue weighted by atomic mass is 31.2. The molecule has 7 heterocycles. The van der Waals surface area contributed by atoms with Gasteiger partial charge in [-0.2, -0.15) is 38.9 Å². The highest BCUT2D eigenvalue weighted by Crippen LogP contribution is 2.60. The molecule has 0 unspecified atom stereocenters. The van der Waals surface area contributed by atoms with Gasteiger partial charge in [-0.15, -0.1) is 9.05 Å². The lowest BCUT2D eigenvalue weighted by Crippen LogP contribution is -2.37. The van der Waals surface area contributed by atoms with Gasteiger partial charge >= 0.3 is 16.3 Å². The van der Waals surface area contributed by atoms with Crippen molar-refractivity contribution in [1.29, 1.82) is 5.26 Å². The minimum absolute atomic E-state index is 0.0539. The Hall–Kier alpha value is -3.43. The van der Waals surface area contributed by atoms with E-state index in [0.717, 1.165) is 17.2 Å². The highest BCUT2D eigenvalue weighted by Gasteiger charge is 2.60. The summed E-state index contributed by atoms with van der Waals surface area (Å²) < 4.78 is 35.4. The molecule has 0 aromatic carbocycles. The Morgan fingerprint density at radius 2 is 1.50 bits per heavy atom. The lowest BCUT2D eigenvalue weighted by atomic mass is 10.1. The number of hydrogen-bond acceptors (Lipinski definition) is 20. The van der Waals surface area contributed by atoms with Crippen LogP contribution in [0.15, 0.2) is 23.8 Å². The molecule has 3 fully saturated rings. The first-order valence-electron chi connectivity index (χ1n) is 13.2. The zero-order chi connectivity index (χ0) is 32.5. The first-order chi connectivity index (χ1) is 21.9. The zero-order valence-corrected chi connectivity index (χ0v) is 24.6. The van der Waals surface area contributed by atoms with Gasteiger partial charge in [0.1, 0.15) is 55.5 Å². The van der Waals surface area contributed by atoms with Gasteiger partial charge in [-0.25, -0.2) is 19.9 Å². The maximum atomic E-state index is 12.3. The van der Waals surface area contributed by atoms with Gasteiger partial charge in [0, 0.05) is 0 Å². The number of imidazole rings is 2. The summed E-state index contributed by atoms with van der Waals surface area (Å²) in [5.74, 6) is -0.271. The van der Waals surface area contributed by atoms with Gasteiger partial charge in [-0.05, 0) is 0 Å². The smallest absolute Gasteiger partial charge is 0.387 e. The van der Waals surface area contributed by atoms with E-state index in [-0.39, 0.29) is 34.0 Å². The number of rotatable bonds is 2. The van der Waals surface area contributed by atoms with Crippen LogP contribution in [-0.4, -0.2) is 119 Å². The van der Waals surface area contributed by atoms with Crippen LogP contribution >= 0.6 is 16.3 Å². The maximum Gasteiger partial charge on any atom is 0.570 e. The molecule has 4 aromatic heterocycles. The van der Waals surface area contributed by atoms with E-state index in [4.69, 9.17) is 33.3 Å². The minimum Gasteiger partial charge on any atom is -0.387 e. The lowest BCUT2D eigenvalue weighted by molar-refractivity contribution is -0.0744. The van der Waals surface area contributed by atoms with Crippen molar-refractivity contribution in [3.63, 3.8) is 0 Å². The van der Waals surface area contributed by atoms with Gasteiger partial charge in [0.2, 0.25) is 5.95 Å². The number of nitrogens with one attached hydrogen (secondary N) is 1. The van der Waals surface area contributed by atoms with E-state index in [0.29, 0.717) is 0 Å². The molecule has 0 radical (unpaired) electrons. The molecule has 8 atom stereocenters. The largest absolute Gasteiger partial charge is 0.570 e. The van der Waals surface area contributed by atoms with Crippen molar-refractivity contribution in [3.05, 3.63) is 35.0 Å². The molecule has 3 aliphatic heterocycles. The van der Waals surface area contributed by atoms with E-state index in [2.05, 4.69) is 29.9 Å². The summed E-state index contributed by atoms with van der Waals surface area (Å²) in [5, 5.41) is 31.6. The number of aromatic amines is 1. The van der Waals surface area contributed by atoms with Gasteiger partial charge in [-0.1, -0.05) is 0 Å². The molecule has 3 aliphatic rings. The molecule has 244 valence electrons. The van der Waals surface area contributed by atoms with E-state index in [1.54, 1.807) is 0 Å². The molecule has 0 amide bonds. The number of nitrogen functional groups attached to an aromatic ring is 1. The summed E-state index contributed by atoms with van der Waals surface area (Å²) in [5.41, 5.74) is 4.85. The summed E-state index contributed by atoms with van der Waals surface area (Å²) in [4.78, 5) is 77.7. The van der Waals surface area contributed by atoms with Crippen molar-refractivity contribution in [1.82, 2.24) is 39.0 Å². The summed E-state index contributed by atoms with van der Waals surface area (Å²) in [6.45, 7) is -1.52. The second kappa shape index (κ2) is 11.4. The Morgan fingerprint density at radius 1 is 0.870 bits per heavy atom. The van der Waals surface area contributed by atoms with Crippen LogP contribution in [0, 0.1) is 11.3 Å². The van der Waals surface area contributed by atoms with Gasteiger partial charge in [0.25, 0.3) is 5.56 Å². The van der Waals surface area contributed by atoms with Crippen LogP contribution in [0.5, 0.6) is 0 Å². The summed E-state index contributed by atoms with van der Waals surface area (Å²) in [7, 11) is -9.70. The quantitative estimate of drug-likeness (QED) is 0.0978. The molecule has 9 N–H and O–H groups in total. The molecule has 46 heavy (non-hydrogen) atoms. The van der Waals surface area contributed by atoms with Crippen molar-refractivity contribution in [2.75, 3.05) is 18.9 Å². The second-order valence-corrected chi connectivity index (χ2v) is 13.2. The first-order valence-corrected chi connectivity index (χ1v) is 16.2. The number of aromatic nitrogens is 8. The van der Waals surface area contributed by atoms with Crippen LogP contribution in [0.3, 0.4) is 0 Å². The monoisotopic (exact) mass is 686 g/mol. The number of hydrogen-bond donors (Lipinski definition) is 8. The number of nitrogens with two attached hydrogens (primary N) is 1. The Morgan fingerprint density at radius 3 is 2.22 bits per heavy atom. The van der Waals surface area contributed by atoms with E-state index < -0.39 is 84.2 Å². The van der Waals surface area contributed by atoms with E-state index in [9.17, 15) is 39.8 Å². The molecule has 0 spiro atoms. The lowest BCUT2D eigenvalue weighted by Gasteiger charge is -2.23. The molecule has 2 bridgehead atoms. The third kappa shape index (κ3) is 5.39. The van der Waals surface area contributed by atoms with E-state index in [1.165, 1.54) is 10.9 Å². The fraction of sp³-hybridized carbons (Fsp3) is 0.476. The number of fused-ring (bicyclic) bond motifs is 5. The van der Waals surface area contributed by atoms with Crippen LogP contribution < -0.4 is 11.3 Å². The van der Waals surface area contributed by atoms with Gasteiger partial charge in [0.15, 0.2) is 47.2 Å². The number of aliphatic hydroxyl groups is 2. The molecule has 4 aromatic rings. The Bertz CT molecular complexity index is 1900. The van der Waals surface area contributed by atoms with E-state index >= 15 is 0 Å². The molecule has 23 nitrogen and oxygen atoms in total. The Kier molecular flexibility index (Phi) is 7.71. The fourth-order valence-corrected chi connectivity index (χ4v) is 7.30. The van der Waals surface area contributed by atoms with Crippen molar-refractivity contribution < 1.29 is 57.4 Å². The number of nitriles is 1. The van der Waals surface area contributed by atoms with Crippen molar-refractivity contribution >= 4 is 44.6 Å². The van der Waals surface area contributed by atoms with Crippen LogP contribution in [0.25, 0.3) is 22.3 Å². The predicted octanol–water partition coefficient (Wildman–Crippen LogP) is -2.93. The standard InChI is InChI=1S/C21H23N10O13P2/c22-1-7-10-16(25-4-24-7)30(5-26-10)19-13(33)14-9(42-19)3-40-46(37,38)44-15-12(32)8(2-39-45(35,36)43-14)41-20(15)31-6-27-11-17(31)28-21(23)29-18(11)34/h4-6,8-9,12-15,19-20,32-33,35-38H,2-3H2,(H2-,23,28,29,34)/q+1/p+1/t8-,9-,12-,13-,14-,15-,19-,20-/m1/s1. The van der Waals surface area contributed by atoms with E-state index in [1.807, 2.05) is 6.07 Å². The summed E-state index contributed by atoms with van der Waals surface area (Å²) >= 11 is 0. The average molecular weight is 686 g/mol. The molecule has 7 rings (SSSR count). The third-order valence-corrected chi connectivity index (χ3v) is 9.42. The van der Waals surface area contributed by atoms with Gasteiger partial charge < -0.3 is 25.4 Å². The van der Waals surface area contributed by atoms with Crippen molar-refractivity contribution in [3.8, 4) is 6.07 Å². The first kappa shape index (κ1) is 31.2. The molecular formula is C21H24N10O13P2+2. The number of H-pyrrole nitrogens is 1. The van der Waals surface area contributed by atoms with Crippen molar-refractivity contribution in [2.24, 2.45) is 0 Å². The number of aliphatic hydroxyl groups excluding tert-OH is 2. The van der Waals surface area contributed by atoms with Crippen LogP contribution in [0.2, 0.25) is 0 Å². The highest BCUT2D eigenvalue weighted by molar-refractivity contribution is 7.54. The molecule has 0 aliphatic carbocycles. The van der Waals surface area contributed by atoms with Gasteiger partial charge in [-0.3, -0.25) is 18.9 Å².